The summed E-state index contributed by atoms with van der Waals surface area (Å²) < 4.78 is 25.7. The number of amides is 3. The third-order valence-corrected chi connectivity index (χ3v) is 7.29. The number of carbonyl (C=O) groups excluding carboxylic acids is 2. The number of rotatable bonds is 5. The van der Waals surface area contributed by atoms with E-state index in [0.717, 1.165) is 16.6 Å². The Morgan fingerprint density at radius 3 is 2.18 bits per heavy atom. The third kappa shape index (κ3) is 5.30. The molecule has 1 N–H and O–H groups in total. The highest BCUT2D eigenvalue weighted by atomic mass is 32.2. The van der Waals surface area contributed by atoms with Crippen molar-refractivity contribution in [1.82, 2.24) is 14.8 Å². The maximum Gasteiger partial charge on any atom is 0.321 e. The van der Waals surface area contributed by atoms with Gasteiger partial charge < -0.3 is 15.1 Å². The molecule has 0 unspecified atom stereocenters. The molecule has 0 aliphatic carbocycles. The van der Waals surface area contributed by atoms with E-state index in [1.807, 2.05) is 43.3 Å². The Balaban J connectivity index is 1.25. The van der Waals surface area contributed by atoms with Crippen molar-refractivity contribution in [2.45, 2.75) is 6.92 Å². The normalized spacial score (nSPS) is 13.5. The largest absolute Gasteiger partial charge is 0.335 e. The number of piperazine rings is 1. The van der Waals surface area contributed by atoms with Gasteiger partial charge in [-0.3, -0.25) is 9.78 Å². The Hall–Kier alpha value is -4.44. The van der Waals surface area contributed by atoms with Crippen molar-refractivity contribution >= 4 is 50.8 Å². The summed E-state index contributed by atoms with van der Waals surface area (Å²) in [5.41, 5.74) is 3.71. The van der Waals surface area contributed by atoms with Crippen LogP contribution in [0.2, 0.25) is 0 Å². The van der Waals surface area contributed by atoms with Gasteiger partial charge in [0.2, 0.25) is 10.9 Å². The van der Waals surface area contributed by atoms with Gasteiger partial charge >= 0.3 is 6.03 Å². The minimum absolute atomic E-state index is 0.167. The van der Waals surface area contributed by atoms with Gasteiger partial charge in [0, 0.05) is 49.0 Å². The zero-order valence-electron chi connectivity index (χ0n) is 20.8. The number of hydrogen-bond acceptors (Lipinski definition) is 5. The summed E-state index contributed by atoms with van der Waals surface area (Å²) in [4.78, 5) is 33.5. The molecule has 3 amide bonds. The lowest BCUT2D eigenvalue weighted by Gasteiger charge is -2.34. The average Bonchev–Trinajstić information content (AvgIpc) is 2.94. The first-order chi connectivity index (χ1) is 18.4. The lowest BCUT2D eigenvalue weighted by molar-refractivity contribution is 0.0671. The van der Waals surface area contributed by atoms with E-state index in [4.69, 9.17) is 0 Å². The van der Waals surface area contributed by atoms with Crippen molar-refractivity contribution in [3.8, 4) is 0 Å². The van der Waals surface area contributed by atoms with E-state index in [0.29, 0.717) is 48.6 Å². The Morgan fingerprint density at radius 2 is 1.50 bits per heavy atom. The summed E-state index contributed by atoms with van der Waals surface area (Å²) in [7, 11) is -3.00. The molecule has 5 rings (SSSR count). The topological polar surface area (TPSA) is 103 Å². The maximum atomic E-state index is 13.1. The number of carbonyl (C=O) groups is 2. The number of para-hydroxylation sites is 1. The third-order valence-electron chi connectivity index (χ3n) is 6.52. The SMILES string of the molecule is Cc1ccc(NC(=O)N2CCN(C(=O)c3ccc(N(c4cccc5cccnc45)[SH](=O)=O)cc3)CC2)cc1. The molecule has 0 saturated carbocycles. The fourth-order valence-corrected chi connectivity index (χ4v) is 5.12. The average molecular weight is 530 g/mol. The molecule has 0 atom stereocenters. The Bertz CT molecular complexity index is 1530. The zero-order chi connectivity index (χ0) is 26.6. The number of nitrogens with zero attached hydrogens (tertiary/aromatic N) is 4. The number of aromatic nitrogens is 1. The highest BCUT2D eigenvalue weighted by Gasteiger charge is 2.25. The van der Waals surface area contributed by atoms with Gasteiger partial charge in [-0.05, 0) is 55.5 Å². The summed E-state index contributed by atoms with van der Waals surface area (Å²) in [6.07, 6.45) is 1.62. The highest BCUT2D eigenvalue weighted by Crippen LogP contribution is 2.31. The molecule has 1 aliphatic rings. The summed E-state index contributed by atoms with van der Waals surface area (Å²) in [5.74, 6) is -0.167. The van der Waals surface area contributed by atoms with Crippen molar-refractivity contribution in [2.75, 3.05) is 35.8 Å². The van der Waals surface area contributed by atoms with Gasteiger partial charge in [0.05, 0.1) is 16.9 Å². The molecule has 194 valence electrons. The van der Waals surface area contributed by atoms with Crippen LogP contribution in [0.15, 0.2) is 85.1 Å². The number of benzene rings is 3. The quantitative estimate of drug-likeness (QED) is 0.377. The fraction of sp³-hybridized carbons (Fsp3) is 0.179. The van der Waals surface area contributed by atoms with Crippen LogP contribution in [0.5, 0.6) is 0 Å². The van der Waals surface area contributed by atoms with Crippen LogP contribution in [0.1, 0.15) is 15.9 Å². The summed E-state index contributed by atoms with van der Waals surface area (Å²) in [6.45, 7) is 3.63. The molecule has 38 heavy (non-hydrogen) atoms. The number of aryl methyl sites for hydroxylation is 1. The zero-order valence-corrected chi connectivity index (χ0v) is 21.7. The summed E-state index contributed by atoms with van der Waals surface area (Å²) in [5, 5.41) is 3.71. The molecule has 1 aromatic heterocycles. The van der Waals surface area contributed by atoms with Crippen LogP contribution in [0, 0.1) is 6.92 Å². The smallest absolute Gasteiger partial charge is 0.321 e. The predicted octanol–water partition coefficient (Wildman–Crippen LogP) is 4.20. The number of anilines is 3. The van der Waals surface area contributed by atoms with E-state index in [9.17, 15) is 18.0 Å². The number of thiol groups is 1. The van der Waals surface area contributed by atoms with E-state index in [1.54, 1.807) is 58.5 Å². The summed E-state index contributed by atoms with van der Waals surface area (Å²) >= 11 is 0. The first-order valence-electron chi connectivity index (χ1n) is 12.2. The first-order valence-corrected chi connectivity index (χ1v) is 13.3. The molecule has 1 aliphatic heterocycles. The van der Waals surface area contributed by atoms with Gasteiger partial charge in [-0.25, -0.2) is 17.5 Å². The molecule has 3 aromatic carbocycles. The van der Waals surface area contributed by atoms with Gasteiger partial charge in [-0.1, -0.05) is 35.9 Å². The number of urea groups is 1. The molecule has 10 heteroatoms. The van der Waals surface area contributed by atoms with Crippen LogP contribution < -0.4 is 9.62 Å². The maximum absolute atomic E-state index is 13.1. The van der Waals surface area contributed by atoms with Crippen LogP contribution in [0.25, 0.3) is 10.9 Å². The molecule has 4 aromatic rings. The van der Waals surface area contributed by atoms with Crippen molar-refractivity contribution < 1.29 is 18.0 Å². The summed E-state index contributed by atoms with van der Waals surface area (Å²) in [6, 6.07) is 22.9. The minimum atomic E-state index is -3.00. The van der Waals surface area contributed by atoms with Crippen LogP contribution in [0.3, 0.4) is 0 Å². The van der Waals surface area contributed by atoms with Crippen LogP contribution in [-0.4, -0.2) is 61.3 Å². The standard InChI is InChI=1S/C28H27N5O4S/c1-20-7-11-23(12-8-20)30-28(35)32-18-16-31(17-19-32)27(34)22-9-13-24(14-10-22)33(38(36)37)25-6-2-4-21-5-3-15-29-26(21)25/h2-15,38H,16-19H2,1H3,(H,30,35). The van der Waals surface area contributed by atoms with Crippen LogP contribution in [0.4, 0.5) is 21.9 Å². The molecule has 9 nitrogen and oxygen atoms in total. The van der Waals surface area contributed by atoms with Crippen molar-refractivity contribution in [2.24, 2.45) is 0 Å². The molecule has 1 fully saturated rings. The molecule has 2 heterocycles. The second-order valence-corrected chi connectivity index (χ2v) is 9.90. The lowest BCUT2D eigenvalue weighted by Crippen LogP contribution is -2.51. The Morgan fingerprint density at radius 1 is 0.842 bits per heavy atom. The minimum Gasteiger partial charge on any atom is -0.335 e. The van der Waals surface area contributed by atoms with Crippen molar-refractivity contribution in [3.05, 3.63) is 96.2 Å². The second kappa shape index (κ2) is 10.9. The highest BCUT2D eigenvalue weighted by molar-refractivity contribution is 7.74. The van der Waals surface area contributed by atoms with Crippen molar-refractivity contribution in [3.63, 3.8) is 0 Å². The Kier molecular flexibility index (Phi) is 7.23. The number of pyridine rings is 1. The predicted molar refractivity (Wildman–Crippen MR) is 148 cm³/mol. The van der Waals surface area contributed by atoms with E-state index in [1.165, 1.54) is 4.31 Å². The number of hydrogen-bond donors (Lipinski definition) is 2. The molecule has 0 spiro atoms. The van der Waals surface area contributed by atoms with Gasteiger partial charge in [-0.15, -0.1) is 0 Å². The van der Waals surface area contributed by atoms with Gasteiger partial charge in [0.15, 0.2) is 0 Å². The second-order valence-electron chi connectivity index (χ2n) is 9.02. The molecule has 1 saturated heterocycles. The lowest BCUT2D eigenvalue weighted by atomic mass is 10.1. The molecular weight excluding hydrogens is 502 g/mol. The molecule has 0 bridgehead atoms. The van der Waals surface area contributed by atoms with Gasteiger partial charge in [-0.2, -0.15) is 0 Å². The molecule has 0 radical (unpaired) electrons. The van der Waals surface area contributed by atoms with E-state index in [2.05, 4.69) is 10.3 Å². The first kappa shape index (κ1) is 25.2. The van der Waals surface area contributed by atoms with Crippen LogP contribution >= 0.6 is 0 Å². The number of nitrogens with one attached hydrogen (secondary N) is 1. The van der Waals surface area contributed by atoms with Crippen LogP contribution in [-0.2, 0) is 10.9 Å². The van der Waals surface area contributed by atoms with Gasteiger partial charge in [0.25, 0.3) is 5.91 Å². The Labute approximate surface area is 222 Å². The van der Waals surface area contributed by atoms with E-state index < -0.39 is 10.9 Å². The van der Waals surface area contributed by atoms with Crippen molar-refractivity contribution in [1.29, 1.82) is 0 Å². The number of fused-ring (bicyclic) bond motifs is 1. The fourth-order valence-electron chi connectivity index (χ4n) is 4.46. The van der Waals surface area contributed by atoms with Gasteiger partial charge in [0.1, 0.15) is 0 Å². The van der Waals surface area contributed by atoms with E-state index in [-0.39, 0.29) is 11.9 Å². The molecular formula is C28H27N5O4S. The van der Waals surface area contributed by atoms with E-state index >= 15 is 0 Å². The monoisotopic (exact) mass is 529 g/mol.